The quantitative estimate of drug-likeness (QED) is 0.722. The molecule has 0 aliphatic heterocycles. The first-order valence-electron chi connectivity index (χ1n) is 7.43. The van der Waals surface area contributed by atoms with Crippen molar-refractivity contribution >= 4 is 5.91 Å². The smallest absolute Gasteiger partial charge is 0.259 e. The van der Waals surface area contributed by atoms with Crippen LogP contribution in [0.5, 0.6) is 5.75 Å². The molecule has 0 saturated heterocycles. The molecule has 0 aliphatic rings. The van der Waals surface area contributed by atoms with Gasteiger partial charge in [-0.3, -0.25) is 9.78 Å². The zero-order chi connectivity index (χ0) is 16.9. The lowest BCUT2D eigenvalue weighted by Crippen LogP contribution is -2.27. The highest BCUT2D eigenvalue weighted by Gasteiger charge is 2.09. The Labute approximate surface area is 139 Å². The third kappa shape index (κ3) is 3.60. The third-order valence-electron chi connectivity index (χ3n) is 3.43. The van der Waals surface area contributed by atoms with Gasteiger partial charge in [0.1, 0.15) is 5.75 Å². The lowest BCUT2D eigenvalue weighted by atomic mass is 10.2. The van der Waals surface area contributed by atoms with Gasteiger partial charge < -0.3 is 14.1 Å². The molecule has 0 N–H and O–H groups in total. The maximum Gasteiger partial charge on any atom is 0.259 e. The normalized spacial score (nSPS) is 10.4. The molecule has 0 radical (unpaired) electrons. The summed E-state index contributed by atoms with van der Waals surface area (Å²) in [7, 11) is 3.38. The number of likely N-dealkylation sites (N-methyl/N-ethyl adjacent to an activating group) is 1. The summed E-state index contributed by atoms with van der Waals surface area (Å²) in [6.45, 7) is 0.0114. The Bertz CT molecular complexity index is 811. The molecule has 6 heteroatoms. The van der Waals surface area contributed by atoms with Gasteiger partial charge in [-0.15, -0.1) is 0 Å². The molecular formula is C18H17N3O3. The number of aromatic nitrogens is 2. The minimum atomic E-state index is -0.0891. The number of hydrogen-bond acceptors (Lipinski definition) is 5. The molecule has 0 spiro atoms. The van der Waals surface area contributed by atoms with Crippen LogP contribution >= 0.6 is 0 Å². The zero-order valence-corrected chi connectivity index (χ0v) is 13.5. The van der Waals surface area contributed by atoms with E-state index in [1.54, 1.807) is 44.8 Å². The van der Waals surface area contributed by atoms with Crippen molar-refractivity contribution in [3.8, 4) is 28.5 Å². The van der Waals surface area contributed by atoms with E-state index in [4.69, 9.17) is 9.15 Å². The predicted molar refractivity (Wildman–Crippen MR) is 89.4 cm³/mol. The van der Waals surface area contributed by atoms with E-state index in [1.165, 1.54) is 4.90 Å². The van der Waals surface area contributed by atoms with Crippen LogP contribution in [0.4, 0.5) is 0 Å². The van der Waals surface area contributed by atoms with Crippen molar-refractivity contribution in [2.75, 3.05) is 20.7 Å². The van der Waals surface area contributed by atoms with Crippen molar-refractivity contribution in [2.45, 2.75) is 0 Å². The number of benzene rings is 1. The molecule has 24 heavy (non-hydrogen) atoms. The van der Waals surface area contributed by atoms with E-state index in [9.17, 15) is 4.79 Å². The van der Waals surface area contributed by atoms with E-state index in [2.05, 4.69) is 9.97 Å². The number of ether oxygens (including phenoxy) is 1. The molecule has 0 fully saturated rings. The SMILES string of the molecule is CN(C)C(=O)COc1ccc(-c2ncc(-c3ccncc3)o2)cc1. The highest BCUT2D eigenvalue weighted by Crippen LogP contribution is 2.26. The average Bonchev–Trinajstić information content (AvgIpc) is 3.11. The molecule has 2 aromatic heterocycles. The highest BCUT2D eigenvalue weighted by atomic mass is 16.5. The van der Waals surface area contributed by atoms with Crippen LogP contribution in [0.1, 0.15) is 0 Å². The Kier molecular flexibility index (Phi) is 4.56. The Morgan fingerprint density at radius 1 is 1.08 bits per heavy atom. The van der Waals surface area contributed by atoms with Crippen LogP contribution in [-0.2, 0) is 4.79 Å². The van der Waals surface area contributed by atoms with Crippen molar-refractivity contribution in [1.82, 2.24) is 14.9 Å². The highest BCUT2D eigenvalue weighted by molar-refractivity contribution is 5.77. The van der Waals surface area contributed by atoms with E-state index in [0.717, 1.165) is 11.1 Å². The molecule has 0 aliphatic carbocycles. The van der Waals surface area contributed by atoms with Crippen molar-refractivity contribution < 1.29 is 13.9 Å². The lowest BCUT2D eigenvalue weighted by Gasteiger charge is -2.11. The van der Waals surface area contributed by atoms with Gasteiger partial charge in [0, 0.05) is 37.6 Å². The zero-order valence-electron chi connectivity index (χ0n) is 13.5. The number of carbonyl (C=O) groups excluding carboxylic acids is 1. The van der Waals surface area contributed by atoms with Crippen molar-refractivity contribution in [3.05, 3.63) is 55.0 Å². The topological polar surface area (TPSA) is 68.5 Å². The molecule has 2 heterocycles. The molecule has 3 aromatic rings. The van der Waals surface area contributed by atoms with Crippen molar-refractivity contribution in [3.63, 3.8) is 0 Å². The maximum absolute atomic E-state index is 11.5. The second-order valence-electron chi connectivity index (χ2n) is 5.37. The molecule has 122 valence electrons. The molecule has 0 atom stereocenters. The van der Waals surface area contributed by atoms with E-state index in [1.807, 2.05) is 24.3 Å². The second kappa shape index (κ2) is 6.95. The van der Waals surface area contributed by atoms with Crippen LogP contribution in [0, 0.1) is 0 Å². The Hall–Kier alpha value is -3.15. The van der Waals surface area contributed by atoms with Crippen molar-refractivity contribution in [1.29, 1.82) is 0 Å². The molecule has 1 aromatic carbocycles. The largest absolute Gasteiger partial charge is 0.484 e. The summed E-state index contributed by atoms with van der Waals surface area (Å²) in [5.41, 5.74) is 1.76. The number of carbonyl (C=O) groups is 1. The van der Waals surface area contributed by atoms with Gasteiger partial charge in [-0.25, -0.2) is 4.98 Å². The Morgan fingerprint density at radius 3 is 2.46 bits per heavy atom. The molecule has 3 rings (SSSR count). The maximum atomic E-state index is 11.5. The Morgan fingerprint density at radius 2 is 1.79 bits per heavy atom. The first kappa shape index (κ1) is 15.7. The van der Waals surface area contributed by atoms with Crippen LogP contribution < -0.4 is 4.74 Å². The van der Waals surface area contributed by atoms with Gasteiger partial charge >= 0.3 is 0 Å². The molecule has 1 amide bonds. The standard InChI is InChI=1S/C18H17N3O3/c1-21(2)17(22)12-23-15-5-3-14(4-6-15)18-20-11-16(24-18)13-7-9-19-10-8-13/h3-11H,12H2,1-2H3. The molecule has 0 bridgehead atoms. The van der Waals surface area contributed by atoms with Crippen molar-refractivity contribution in [2.24, 2.45) is 0 Å². The predicted octanol–water partition coefficient (Wildman–Crippen LogP) is 2.87. The fourth-order valence-electron chi connectivity index (χ4n) is 2.03. The summed E-state index contributed by atoms with van der Waals surface area (Å²) >= 11 is 0. The minimum Gasteiger partial charge on any atom is -0.484 e. The van der Waals surface area contributed by atoms with Crippen LogP contribution in [0.25, 0.3) is 22.8 Å². The third-order valence-corrected chi connectivity index (χ3v) is 3.43. The summed E-state index contributed by atoms with van der Waals surface area (Å²) in [6.07, 6.45) is 5.10. The average molecular weight is 323 g/mol. The number of oxazole rings is 1. The second-order valence-corrected chi connectivity index (χ2v) is 5.37. The molecule has 6 nitrogen and oxygen atoms in total. The molecule has 0 unspecified atom stereocenters. The number of hydrogen-bond donors (Lipinski definition) is 0. The summed E-state index contributed by atoms with van der Waals surface area (Å²) in [5.74, 6) is 1.74. The summed E-state index contributed by atoms with van der Waals surface area (Å²) < 4.78 is 11.2. The van der Waals surface area contributed by atoms with E-state index in [0.29, 0.717) is 17.4 Å². The van der Waals surface area contributed by atoms with Gasteiger partial charge in [0.25, 0.3) is 5.91 Å². The fraction of sp³-hybridized carbons (Fsp3) is 0.167. The first-order valence-corrected chi connectivity index (χ1v) is 7.43. The summed E-state index contributed by atoms with van der Waals surface area (Å²) in [5, 5.41) is 0. The van der Waals surface area contributed by atoms with Crippen LogP contribution in [0.2, 0.25) is 0 Å². The number of rotatable bonds is 5. The van der Waals surface area contributed by atoms with E-state index >= 15 is 0 Å². The minimum absolute atomic E-state index is 0.0114. The van der Waals surface area contributed by atoms with Crippen LogP contribution in [0.15, 0.2) is 59.4 Å². The number of nitrogens with zero attached hydrogens (tertiary/aromatic N) is 3. The van der Waals surface area contributed by atoms with Gasteiger partial charge in [0.2, 0.25) is 5.89 Å². The Balaban J connectivity index is 1.70. The van der Waals surface area contributed by atoms with E-state index in [-0.39, 0.29) is 12.5 Å². The number of amides is 1. The van der Waals surface area contributed by atoms with Crippen LogP contribution in [0.3, 0.4) is 0 Å². The monoisotopic (exact) mass is 323 g/mol. The summed E-state index contributed by atoms with van der Waals surface area (Å²) in [6, 6.07) is 11.0. The fourth-order valence-corrected chi connectivity index (χ4v) is 2.03. The number of pyridine rings is 1. The van der Waals surface area contributed by atoms with Gasteiger partial charge in [0.05, 0.1) is 6.20 Å². The van der Waals surface area contributed by atoms with Gasteiger partial charge in [-0.1, -0.05) is 0 Å². The van der Waals surface area contributed by atoms with Gasteiger partial charge in [0.15, 0.2) is 12.4 Å². The van der Waals surface area contributed by atoms with Crippen LogP contribution in [-0.4, -0.2) is 41.5 Å². The molecular weight excluding hydrogens is 306 g/mol. The first-order chi connectivity index (χ1) is 11.6. The summed E-state index contributed by atoms with van der Waals surface area (Å²) in [4.78, 5) is 21.3. The lowest BCUT2D eigenvalue weighted by molar-refractivity contribution is -0.130. The van der Waals surface area contributed by atoms with Gasteiger partial charge in [-0.2, -0.15) is 0 Å². The van der Waals surface area contributed by atoms with Gasteiger partial charge in [-0.05, 0) is 36.4 Å². The van der Waals surface area contributed by atoms with E-state index < -0.39 is 0 Å². The molecule has 0 saturated carbocycles.